The third-order valence-electron chi connectivity index (χ3n) is 2.10. The maximum atomic E-state index is 11.4. The van der Waals surface area contributed by atoms with Crippen LogP contribution in [0.15, 0.2) is 5.10 Å². The molecule has 2 amide bonds. The summed E-state index contributed by atoms with van der Waals surface area (Å²) in [6.45, 7) is 1.76. The zero-order valence-corrected chi connectivity index (χ0v) is 8.00. The van der Waals surface area contributed by atoms with Crippen LogP contribution in [-0.2, 0) is 9.59 Å². The minimum absolute atomic E-state index is 0.110. The highest BCUT2D eigenvalue weighted by atomic mass is 16.2. The van der Waals surface area contributed by atoms with Crippen LogP contribution in [0.25, 0.3) is 0 Å². The van der Waals surface area contributed by atoms with Gasteiger partial charge in [-0.1, -0.05) is 0 Å². The van der Waals surface area contributed by atoms with Gasteiger partial charge in [0.25, 0.3) is 5.91 Å². The van der Waals surface area contributed by atoms with Crippen molar-refractivity contribution in [2.75, 3.05) is 14.1 Å². The predicted molar refractivity (Wildman–Crippen MR) is 48.1 cm³/mol. The van der Waals surface area contributed by atoms with Crippen LogP contribution in [0.1, 0.15) is 13.3 Å². The number of nitrogens with one attached hydrogen (secondary N) is 1. The third-order valence-corrected chi connectivity index (χ3v) is 2.10. The minimum Gasteiger partial charge on any atom is -0.359 e. The second-order valence-corrected chi connectivity index (χ2v) is 3.03. The van der Waals surface area contributed by atoms with Crippen molar-refractivity contribution in [3.05, 3.63) is 0 Å². The molecule has 0 radical (unpaired) electrons. The van der Waals surface area contributed by atoms with E-state index in [2.05, 4.69) is 10.4 Å². The second-order valence-electron chi connectivity index (χ2n) is 3.03. The third kappa shape index (κ3) is 1.85. The molecule has 0 saturated carbocycles. The lowest BCUT2D eigenvalue weighted by atomic mass is 10.0. The second kappa shape index (κ2) is 3.55. The number of rotatable bonds is 2. The topological polar surface area (TPSA) is 61.8 Å². The standard InChI is InChI=1S/C8H13N3O2/c1-5-6(4-7(12)9-2)8(13)11(3)10-5/h6H,4H2,1-3H3,(H,9,12). The molecule has 0 saturated heterocycles. The number of carbonyl (C=O) groups excluding carboxylic acids is 2. The minimum atomic E-state index is -0.370. The Hall–Kier alpha value is -1.39. The Morgan fingerprint density at radius 1 is 1.69 bits per heavy atom. The highest BCUT2D eigenvalue weighted by Crippen LogP contribution is 2.16. The smallest absolute Gasteiger partial charge is 0.251 e. The van der Waals surface area contributed by atoms with Crippen LogP contribution < -0.4 is 5.32 Å². The summed E-state index contributed by atoms with van der Waals surface area (Å²) in [7, 11) is 3.15. The van der Waals surface area contributed by atoms with E-state index in [1.807, 2.05) is 0 Å². The van der Waals surface area contributed by atoms with Crippen molar-refractivity contribution in [2.24, 2.45) is 11.0 Å². The first-order valence-corrected chi connectivity index (χ1v) is 4.09. The van der Waals surface area contributed by atoms with Gasteiger partial charge in [-0.25, -0.2) is 5.01 Å². The highest BCUT2D eigenvalue weighted by molar-refractivity contribution is 6.08. The summed E-state index contributed by atoms with van der Waals surface area (Å²) in [5.41, 5.74) is 0.705. The first-order valence-electron chi connectivity index (χ1n) is 4.09. The van der Waals surface area contributed by atoms with Gasteiger partial charge < -0.3 is 5.32 Å². The number of nitrogens with zero attached hydrogens (tertiary/aromatic N) is 2. The lowest BCUT2D eigenvalue weighted by molar-refractivity contribution is -0.133. The fourth-order valence-corrected chi connectivity index (χ4v) is 1.28. The molecule has 0 aromatic heterocycles. The molecular weight excluding hydrogens is 170 g/mol. The van der Waals surface area contributed by atoms with Crippen LogP contribution in [0.2, 0.25) is 0 Å². The van der Waals surface area contributed by atoms with Crippen molar-refractivity contribution in [2.45, 2.75) is 13.3 Å². The zero-order chi connectivity index (χ0) is 10.0. The monoisotopic (exact) mass is 183 g/mol. The van der Waals surface area contributed by atoms with Crippen molar-refractivity contribution < 1.29 is 9.59 Å². The Morgan fingerprint density at radius 2 is 2.31 bits per heavy atom. The van der Waals surface area contributed by atoms with E-state index in [9.17, 15) is 9.59 Å². The number of hydrazone groups is 1. The molecule has 0 bridgehead atoms. The predicted octanol–water partition coefficient (Wildman–Crippen LogP) is -0.413. The zero-order valence-electron chi connectivity index (χ0n) is 8.00. The molecular formula is C8H13N3O2. The summed E-state index contributed by atoms with van der Waals surface area (Å²) in [4.78, 5) is 22.4. The molecule has 1 rings (SSSR count). The first-order chi connectivity index (χ1) is 6.06. The van der Waals surface area contributed by atoms with Crippen LogP contribution >= 0.6 is 0 Å². The summed E-state index contributed by atoms with van der Waals surface area (Å²) < 4.78 is 0. The summed E-state index contributed by atoms with van der Waals surface area (Å²) in [6.07, 6.45) is 0.189. The first kappa shape index (κ1) is 9.70. The fourth-order valence-electron chi connectivity index (χ4n) is 1.28. The fraction of sp³-hybridized carbons (Fsp3) is 0.625. The van der Waals surface area contributed by atoms with Crippen LogP contribution in [0.5, 0.6) is 0 Å². The van der Waals surface area contributed by atoms with Gasteiger partial charge in [0.1, 0.15) is 0 Å². The Morgan fingerprint density at radius 3 is 2.69 bits per heavy atom. The number of amides is 2. The van der Waals surface area contributed by atoms with E-state index in [4.69, 9.17) is 0 Å². The molecule has 0 fully saturated rings. The van der Waals surface area contributed by atoms with Crippen molar-refractivity contribution in [3.8, 4) is 0 Å². The molecule has 0 aromatic rings. The molecule has 5 heteroatoms. The van der Waals surface area contributed by atoms with E-state index >= 15 is 0 Å². The van der Waals surface area contributed by atoms with E-state index in [1.54, 1.807) is 21.0 Å². The van der Waals surface area contributed by atoms with Crippen LogP contribution in [0.4, 0.5) is 0 Å². The van der Waals surface area contributed by atoms with Crippen LogP contribution in [0.3, 0.4) is 0 Å². The van der Waals surface area contributed by atoms with Gasteiger partial charge in [0.2, 0.25) is 5.91 Å². The van der Waals surface area contributed by atoms with Gasteiger partial charge >= 0.3 is 0 Å². The number of hydrogen-bond acceptors (Lipinski definition) is 3. The van der Waals surface area contributed by atoms with E-state index in [0.29, 0.717) is 5.71 Å². The van der Waals surface area contributed by atoms with Gasteiger partial charge in [-0.15, -0.1) is 0 Å². The molecule has 13 heavy (non-hydrogen) atoms. The van der Waals surface area contributed by atoms with Gasteiger partial charge in [0.05, 0.1) is 5.92 Å². The lowest BCUT2D eigenvalue weighted by Gasteiger charge is -2.08. The van der Waals surface area contributed by atoms with E-state index in [1.165, 1.54) is 5.01 Å². The Kier molecular flexibility index (Phi) is 2.65. The SMILES string of the molecule is CNC(=O)CC1C(=O)N(C)N=C1C. The molecule has 72 valence electrons. The number of carbonyl (C=O) groups is 2. The molecule has 0 spiro atoms. The molecule has 1 aliphatic rings. The van der Waals surface area contributed by atoms with Gasteiger partial charge in [-0.05, 0) is 6.92 Å². The van der Waals surface area contributed by atoms with Gasteiger partial charge in [-0.3, -0.25) is 9.59 Å². The van der Waals surface area contributed by atoms with E-state index in [0.717, 1.165) is 0 Å². The van der Waals surface area contributed by atoms with Crippen LogP contribution in [0, 0.1) is 5.92 Å². The summed E-state index contributed by atoms with van der Waals surface area (Å²) >= 11 is 0. The summed E-state index contributed by atoms with van der Waals surface area (Å²) in [5, 5.41) is 7.72. The maximum Gasteiger partial charge on any atom is 0.251 e. The molecule has 0 aliphatic carbocycles. The largest absolute Gasteiger partial charge is 0.359 e. The van der Waals surface area contributed by atoms with Crippen molar-refractivity contribution in [3.63, 3.8) is 0 Å². The average molecular weight is 183 g/mol. The quantitative estimate of drug-likeness (QED) is 0.632. The average Bonchev–Trinajstić information content (AvgIpc) is 2.32. The Balaban J connectivity index is 2.66. The summed E-state index contributed by atoms with van der Waals surface area (Å²) in [6, 6.07) is 0. The van der Waals surface area contributed by atoms with Gasteiger partial charge in [0, 0.05) is 26.2 Å². The van der Waals surface area contributed by atoms with Gasteiger partial charge in [-0.2, -0.15) is 5.10 Å². The molecule has 1 heterocycles. The molecule has 5 nitrogen and oxygen atoms in total. The van der Waals surface area contributed by atoms with E-state index < -0.39 is 0 Å². The van der Waals surface area contributed by atoms with Crippen molar-refractivity contribution in [1.82, 2.24) is 10.3 Å². The highest BCUT2D eigenvalue weighted by Gasteiger charge is 2.32. The van der Waals surface area contributed by atoms with Crippen LogP contribution in [-0.4, -0.2) is 36.6 Å². The Bertz CT molecular complexity index is 273. The maximum absolute atomic E-state index is 11.4. The Labute approximate surface area is 76.8 Å². The number of hydrogen-bond donors (Lipinski definition) is 1. The van der Waals surface area contributed by atoms with Gasteiger partial charge in [0.15, 0.2) is 0 Å². The van der Waals surface area contributed by atoms with E-state index in [-0.39, 0.29) is 24.2 Å². The molecule has 1 aliphatic heterocycles. The summed E-state index contributed by atoms with van der Waals surface area (Å²) in [5.74, 6) is -0.616. The molecule has 0 aromatic carbocycles. The lowest BCUT2D eigenvalue weighted by Crippen LogP contribution is -2.30. The molecule has 1 atom stereocenters. The van der Waals surface area contributed by atoms with Crippen molar-refractivity contribution in [1.29, 1.82) is 0 Å². The molecule has 1 N–H and O–H groups in total. The van der Waals surface area contributed by atoms with Crippen molar-refractivity contribution >= 4 is 17.5 Å². The molecule has 1 unspecified atom stereocenters. The normalized spacial score (nSPS) is 21.8.